The largest absolute Gasteiger partial charge is 0.381 e. The van der Waals surface area contributed by atoms with Crippen LogP contribution in [-0.4, -0.2) is 25.2 Å². The SMILES string of the molecule is Cc1cccc(NC(=O)Nc2cccc(CNC(=O)C3CCOCC3)c2)c1. The lowest BCUT2D eigenvalue weighted by Gasteiger charge is -2.21. The standard InChI is InChI=1S/C21H25N3O3/c1-15-4-2-6-18(12-15)23-21(26)24-19-7-3-5-16(13-19)14-22-20(25)17-8-10-27-11-9-17/h2-7,12-13,17H,8-11,14H2,1H3,(H,22,25)(H2,23,24,26). The number of hydrogen-bond acceptors (Lipinski definition) is 3. The average molecular weight is 367 g/mol. The van der Waals surface area contributed by atoms with E-state index in [1.165, 1.54) is 0 Å². The summed E-state index contributed by atoms with van der Waals surface area (Å²) in [5.74, 6) is 0.0917. The normalized spacial score (nSPS) is 14.4. The topological polar surface area (TPSA) is 79.5 Å². The van der Waals surface area contributed by atoms with E-state index in [0.29, 0.717) is 25.4 Å². The summed E-state index contributed by atoms with van der Waals surface area (Å²) in [4.78, 5) is 24.4. The quantitative estimate of drug-likeness (QED) is 0.754. The lowest BCUT2D eigenvalue weighted by atomic mass is 9.99. The molecule has 1 heterocycles. The summed E-state index contributed by atoms with van der Waals surface area (Å²) < 4.78 is 5.29. The Kier molecular flexibility index (Phi) is 6.44. The van der Waals surface area contributed by atoms with Gasteiger partial charge in [-0.25, -0.2) is 4.79 Å². The van der Waals surface area contributed by atoms with E-state index >= 15 is 0 Å². The molecule has 0 radical (unpaired) electrons. The molecule has 1 aliphatic heterocycles. The van der Waals surface area contributed by atoms with Crippen LogP contribution in [0, 0.1) is 12.8 Å². The Hall–Kier alpha value is -2.86. The van der Waals surface area contributed by atoms with Crippen LogP contribution >= 0.6 is 0 Å². The molecule has 0 saturated carbocycles. The van der Waals surface area contributed by atoms with Gasteiger partial charge in [0.1, 0.15) is 0 Å². The van der Waals surface area contributed by atoms with E-state index in [-0.39, 0.29) is 17.9 Å². The summed E-state index contributed by atoms with van der Waals surface area (Å²) in [7, 11) is 0. The first-order chi connectivity index (χ1) is 13.1. The monoisotopic (exact) mass is 367 g/mol. The molecule has 6 heteroatoms. The van der Waals surface area contributed by atoms with E-state index in [1.807, 2.05) is 55.5 Å². The number of amides is 3. The van der Waals surface area contributed by atoms with Gasteiger partial charge in [0.05, 0.1) is 0 Å². The molecule has 0 unspecified atom stereocenters. The van der Waals surface area contributed by atoms with E-state index in [2.05, 4.69) is 16.0 Å². The smallest absolute Gasteiger partial charge is 0.323 e. The van der Waals surface area contributed by atoms with Crippen molar-refractivity contribution in [3.8, 4) is 0 Å². The highest BCUT2D eigenvalue weighted by atomic mass is 16.5. The van der Waals surface area contributed by atoms with Gasteiger partial charge >= 0.3 is 6.03 Å². The predicted molar refractivity (Wildman–Crippen MR) is 106 cm³/mol. The first-order valence-electron chi connectivity index (χ1n) is 9.19. The minimum atomic E-state index is -0.302. The zero-order chi connectivity index (χ0) is 19.1. The maximum absolute atomic E-state index is 12.2. The summed E-state index contributed by atoms with van der Waals surface area (Å²) >= 11 is 0. The molecule has 2 aromatic carbocycles. The van der Waals surface area contributed by atoms with Crippen molar-refractivity contribution < 1.29 is 14.3 Å². The average Bonchev–Trinajstić information content (AvgIpc) is 2.67. The Morgan fingerprint density at radius 1 is 1.00 bits per heavy atom. The molecular weight excluding hydrogens is 342 g/mol. The molecule has 1 aliphatic rings. The van der Waals surface area contributed by atoms with Gasteiger partial charge in [-0.2, -0.15) is 0 Å². The first-order valence-corrected chi connectivity index (χ1v) is 9.19. The van der Waals surface area contributed by atoms with Gasteiger partial charge in [-0.15, -0.1) is 0 Å². The number of carbonyl (C=O) groups excluding carboxylic acids is 2. The summed E-state index contributed by atoms with van der Waals surface area (Å²) in [5, 5.41) is 8.61. The van der Waals surface area contributed by atoms with Crippen LogP contribution in [0.15, 0.2) is 48.5 Å². The molecule has 3 rings (SSSR count). The maximum Gasteiger partial charge on any atom is 0.323 e. The molecule has 1 saturated heterocycles. The number of carbonyl (C=O) groups is 2. The van der Waals surface area contributed by atoms with Crippen molar-refractivity contribution in [2.75, 3.05) is 23.8 Å². The van der Waals surface area contributed by atoms with Crippen LogP contribution in [0.1, 0.15) is 24.0 Å². The number of hydrogen-bond donors (Lipinski definition) is 3. The minimum Gasteiger partial charge on any atom is -0.381 e. The molecule has 0 aliphatic carbocycles. The van der Waals surface area contributed by atoms with Crippen LogP contribution in [0.25, 0.3) is 0 Å². The fourth-order valence-corrected chi connectivity index (χ4v) is 3.07. The van der Waals surface area contributed by atoms with E-state index < -0.39 is 0 Å². The fraction of sp³-hybridized carbons (Fsp3) is 0.333. The van der Waals surface area contributed by atoms with Gasteiger partial charge < -0.3 is 20.7 Å². The van der Waals surface area contributed by atoms with Crippen molar-refractivity contribution in [1.29, 1.82) is 0 Å². The Bertz CT molecular complexity index is 801. The van der Waals surface area contributed by atoms with E-state index in [9.17, 15) is 9.59 Å². The maximum atomic E-state index is 12.2. The second kappa shape index (κ2) is 9.19. The van der Waals surface area contributed by atoms with E-state index in [0.717, 1.165) is 29.7 Å². The van der Waals surface area contributed by atoms with Crippen LogP contribution in [0.3, 0.4) is 0 Å². The zero-order valence-electron chi connectivity index (χ0n) is 15.5. The summed E-state index contributed by atoms with van der Waals surface area (Å²) in [6.45, 7) is 3.70. The van der Waals surface area contributed by atoms with Gasteiger partial charge in [0, 0.05) is 37.1 Å². The zero-order valence-corrected chi connectivity index (χ0v) is 15.5. The first kappa shape index (κ1) is 18.9. The van der Waals surface area contributed by atoms with Crippen molar-refractivity contribution in [1.82, 2.24) is 5.32 Å². The molecule has 27 heavy (non-hydrogen) atoms. The Labute approximate surface area is 159 Å². The van der Waals surface area contributed by atoms with Gasteiger partial charge in [0.15, 0.2) is 0 Å². The van der Waals surface area contributed by atoms with Gasteiger partial charge in [-0.1, -0.05) is 24.3 Å². The Morgan fingerprint density at radius 2 is 1.67 bits per heavy atom. The Morgan fingerprint density at radius 3 is 2.37 bits per heavy atom. The van der Waals surface area contributed by atoms with Crippen molar-refractivity contribution in [3.05, 3.63) is 59.7 Å². The number of nitrogens with one attached hydrogen (secondary N) is 3. The number of rotatable bonds is 5. The summed E-state index contributed by atoms with van der Waals surface area (Å²) in [5.41, 5.74) is 3.43. The van der Waals surface area contributed by atoms with Gasteiger partial charge in [0.2, 0.25) is 5.91 Å². The molecular formula is C21H25N3O3. The third-order valence-corrected chi connectivity index (χ3v) is 4.52. The number of aryl methyl sites for hydroxylation is 1. The number of anilines is 2. The third-order valence-electron chi connectivity index (χ3n) is 4.52. The number of urea groups is 1. The summed E-state index contributed by atoms with van der Waals surface area (Å²) in [6.07, 6.45) is 1.54. The lowest BCUT2D eigenvalue weighted by Crippen LogP contribution is -2.33. The Balaban J connectivity index is 1.52. The molecule has 0 spiro atoms. The van der Waals surface area contributed by atoms with Gasteiger partial charge in [-0.05, 0) is 55.2 Å². The molecule has 6 nitrogen and oxygen atoms in total. The van der Waals surface area contributed by atoms with Crippen molar-refractivity contribution in [2.24, 2.45) is 5.92 Å². The molecule has 0 aromatic heterocycles. The van der Waals surface area contributed by atoms with Gasteiger partial charge in [-0.3, -0.25) is 4.79 Å². The second-order valence-electron chi connectivity index (χ2n) is 6.75. The molecule has 2 aromatic rings. The molecule has 3 amide bonds. The van der Waals surface area contributed by atoms with Crippen LogP contribution in [0.2, 0.25) is 0 Å². The van der Waals surface area contributed by atoms with Crippen LogP contribution in [-0.2, 0) is 16.1 Å². The lowest BCUT2D eigenvalue weighted by molar-refractivity contribution is -0.128. The fourth-order valence-electron chi connectivity index (χ4n) is 3.07. The highest BCUT2D eigenvalue weighted by Crippen LogP contribution is 2.16. The molecule has 0 atom stereocenters. The molecule has 0 bridgehead atoms. The van der Waals surface area contributed by atoms with Crippen molar-refractivity contribution >= 4 is 23.3 Å². The summed E-state index contributed by atoms with van der Waals surface area (Å²) in [6, 6.07) is 14.8. The number of ether oxygens (including phenoxy) is 1. The second-order valence-corrected chi connectivity index (χ2v) is 6.75. The third kappa shape index (κ3) is 5.82. The van der Waals surface area contributed by atoms with Crippen molar-refractivity contribution in [3.63, 3.8) is 0 Å². The molecule has 1 fully saturated rings. The minimum absolute atomic E-state index is 0.0279. The highest BCUT2D eigenvalue weighted by Gasteiger charge is 2.21. The van der Waals surface area contributed by atoms with Crippen LogP contribution < -0.4 is 16.0 Å². The van der Waals surface area contributed by atoms with E-state index in [1.54, 1.807) is 0 Å². The molecule has 3 N–H and O–H groups in total. The van der Waals surface area contributed by atoms with Gasteiger partial charge in [0.25, 0.3) is 0 Å². The number of benzene rings is 2. The highest BCUT2D eigenvalue weighted by molar-refractivity contribution is 5.99. The molecule has 142 valence electrons. The van der Waals surface area contributed by atoms with Crippen LogP contribution in [0.4, 0.5) is 16.2 Å². The predicted octanol–water partition coefficient (Wildman–Crippen LogP) is 3.68. The van der Waals surface area contributed by atoms with Crippen molar-refractivity contribution in [2.45, 2.75) is 26.3 Å². The van der Waals surface area contributed by atoms with Crippen LogP contribution in [0.5, 0.6) is 0 Å². The van der Waals surface area contributed by atoms with E-state index in [4.69, 9.17) is 4.74 Å².